The largest absolute Gasteiger partial charge is 0.490 e. The first-order chi connectivity index (χ1) is 9.63. The molecule has 6 nitrogen and oxygen atoms in total. The fourth-order valence-electron chi connectivity index (χ4n) is 2.07. The quantitative estimate of drug-likeness (QED) is 0.768. The van der Waals surface area contributed by atoms with Gasteiger partial charge in [0.15, 0.2) is 6.61 Å². The molecule has 2 rings (SSSR count). The van der Waals surface area contributed by atoms with Crippen molar-refractivity contribution in [3.63, 3.8) is 0 Å². The van der Waals surface area contributed by atoms with Crippen LogP contribution < -0.4 is 20.5 Å². The van der Waals surface area contributed by atoms with Crippen molar-refractivity contribution in [2.24, 2.45) is 0 Å². The molecule has 1 heterocycles. The van der Waals surface area contributed by atoms with Gasteiger partial charge in [0.1, 0.15) is 18.1 Å². The average Bonchev–Trinajstić information content (AvgIpc) is 2.44. The van der Waals surface area contributed by atoms with Crippen LogP contribution in [0.25, 0.3) is 0 Å². The van der Waals surface area contributed by atoms with Crippen LogP contribution in [-0.2, 0) is 4.79 Å². The van der Waals surface area contributed by atoms with E-state index in [1.807, 2.05) is 0 Å². The number of anilines is 2. The van der Waals surface area contributed by atoms with E-state index in [-0.39, 0.29) is 12.5 Å². The highest BCUT2D eigenvalue weighted by Crippen LogP contribution is 2.36. The van der Waals surface area contributed by atoms with Crippen LogP contribution in [0.1, 0.15) is 13.8 Å². The lowest BCUT2D eigenvalue weighted by atomic mass is 10.2. The fourth-order valence-corrected chi connectivity index (χ4v) is 2.07. The standard InChI is InChI=1S/C14H21N3O3/c1-3-17(4-2)5-6-19-12-8-11-13(7-10(12)15)20-9-14(18)16-11/h7-8H,3-6,9,15H2,1-2H3,(H,16,18). The maximum absolute atomic E-state index is 11.3. The Morgan fingerprint density at radius 2 is 2.15 bits per heavy atom. The van der Waals surface area contributed by atoms with Crippen LogP contribution in [0, 0.1) is 0 Å². The van der Waals surface area contributed by atoms with Crippen molar-refractivity contribution < 1.29 is 14.3 Å². The van der Waals surface area contributed by atoms with Crippen LogP contribution in [0.4, 0.5) is 11.4 Å². The summed E-state index contributed by atoms with van der Waals surface area (Å²) in [4.78, 5) is 13.6. The minimum Gasteiger partial charge on any atom is -0.490 e. The summed E-state index contributed by atoms with van der Waals surface area (Å²) in [7, 11) is 0. The predicted octanol–water partition coefficient (Wildman–Crippen LogP) is 1.32. The molecule has 0 atom stereocenters. The molecular weight excluding hydrogens is 258 g/mol. The van der Waals surface area contributed by atoms with Crippen LogP contribution in [0.15, 0.2) is 12.1 Å². The molecule has 0 saturated heterocycles. The molecule has 0 radical (unpaired) electrons. The van der Waals surface area contributed by atoms with Crippen molar-refractivity contribution in [2.45, 2.75) is 13.8 Å². The van der Waals surface area contributed by atoms with Crippen molar-refractivity contribution in [1.82, 2.24) is 4.90 Å². The fraction of sp³-hybridized carbons (Fsp3) is 0.500. The molecule has 1 amide bonds. The number of nitrogens with one attached hydrogen (secondary N) is 1. The minimum atomic E-state index is -0.170. The summed E-state index contributed by atoms with van der Waals surface area (Å²) in [5.41, 5.74) is 7.05. The minimum absolute atomic E-state index is 0.0224. The van der Waals surface area contributed by atoms with E-state index in [0.717, 1.165) is 19.6 Å². The Balaban J connectivity index is 2.01. The number of hydrogen-bond acceptors (Lipinski definition) is 5. The summed E-state index contributed by atoms with van der Waals surface area (Å²) in [6, 6.07) is 3.39. The summed E-state index contributed by atoms with van der Waals surface area (Å²) in [5.74, 6) is 0.983. The van der Waals surface area contributed by atoms with Gasteiger partial charge in [0.25, 0.3) is 5.91 Å². The van der Waals surface area contributed by atoms with Gasteiger partial charge in [-0.05, 0) is 13.1 Å². The summed E-state index contributed by atoms with van der Waals surface area (Å²) < 4.78 is 11.0. The molecule has 0 aromatic heterocycles. The Labute approximate surface area is 118 Å². The molecule has 0 aliphatic carbocycles. The van der Waals surface area contributed by atoms with E-state index in [9.17, 15) is 4.79 Å². The van der Waals surface area contributed by atoms with E-state index >= 15 is 0 Å². The number of fused-ring (bicyclic) bond motifs is 1. The first kappa shape index (κ1) is 14.5. The molecular formula is C14H21N3O3. The molecule has 1 aliphatic rings. The number of nitrogens with zero attached hydrogens (tertiary/aromatic N) is 1. The number of nitrogen functional groups attached to an aromatic ring is 1. The van der Waals surface area contributed by atoms with Gasteiger partial charge in [-0.25, -0.2) is 0 Å². The highest BCUT2D eigenvalue weighted by atomic mass is 16.5. The molecule has 110 valence electrons. The SMILES string of the molecule is CCN(CC)CCOc1cc2c(cc1N)OCC(=O)N2. The number of benzene rings is 1. The van der Waals surface area contributed by atoms with Crippen molar-refractivity contribution in [3.8, 4) is 11.5 Å². The number of rotatable bonds is 6. The highest BCUT2D eigenvalue weighted by molar-refractivity contribution is 5.96. The van der Waals surface area contributed by atoms with E-state index in [2.05, 4.69) is 24.1 Å². The van der Waals surface area contributed by atoms with E-state index in [1.165, 1.54) is 0 Å². The van der Waals surface area contributed by atoms with Crippen LogP contribution >= 0.6 is 0 Å². The molecule has 6 heteroatoms. The molecule has 0 spiro atoms. The Morgan fingerprint density at radius 3 is 2.85 bits per heavy atom. The van der Waals surface area contributed by atoms with Crippen molar-refractivity contribution >= 4 is 17.3 Å². The molecule has 20 heavy (non-hydrogen) atoms. The van der Waals surface area contributed by atoms with Gasteiger partial charge in [-0.3, -0.25) is 4.79 Å². The maximum atomic E-state index is 11.3. The van der Waals surface area contributed by atoms with Crippen LogP contribution in [0.5, 0.6) is 11.5 Å². The zero-order valence-corrected chi connectivity index (χ0v) is 11.9. The Morgan fingerprint density at radius 1 is 1.40 bits per heavy atom. The summed E-state index contributed by atoms with van der Waals surface area (Å²) in [6.07, 6.45) is 0. The van der Waals surface area contributed by atoms with Gasteiger partial charge in [-0.1, -0.05) is 13.8 Å². The lowest BCUT2D eigenvalue weighted by Crippen LogP contribution is -2.28. The lowest BCUT2D eigenvalue weighted by Gasteiger charge is -2.21. The van der Waals surface area contributed by atoms with E-state index in [0.29, 0.717) is 29.5 Å². The Kier molecular flexibility index (Phi) is 4.68. The molecule has 1 aromatic rings. The Bertz CT molecular complexity index is 487. The number of hydrogen-bond donors (Lipinski definition) is 2. The van der Waals surface area contributed by atoms with Crippen LogP contribution in [0.3, 0.4) is 0 Å². The van der Waals surface area contributed by atoms with E-state index < -0.39 is 0 Å². The van der Waals surface area contributed by atoms with Crippen molar-refractivity contribution in [1.29, 1.82) is 0 Å². The highest BCUT2D eigenvalue weighted by Gasteiger charge is 2.18. The van der Waals surface area contributed by atoms with Crippen LogP contribution in [0.2, 0.25) is 0 Å². The molecule has 1 aliphatic heterocycles. The third-order valence-electron chi connectivity index (χ3n) is 3.30. The average molecular weight is 279 g/mol. The summed E-state index contributed by atoms with van der Waals surface area (Å²) in [6.45, 7) is 7.63. The molecule has 0 bridgehead atoms. The molecule has 3 N–H and O–H groups in total. The summed E-state index contributed by atoms with van der Waals surface area (Å²) in [5, 5.41) is 2.74. The number of likely N-dealkylation sites (N-methyl/N-ethyl adjacent to an activating group) is 1. The topological polar surface area (TPSA) is 76.8 Å². The summed E-state index contributed by atoms with van der Waals surface area (Å²) >= 11 is 0. The first-order valence-electron chi connectivity index (χ1n) is 6.85. The number of amides is 1. The van der Waals surface area contributed by atoms with Crippen LogP contribution in [-0.4, -0.2) is 43.7 Å². The normalized spacial score (nSPS) is 13.7. The zero-order chi connectivity index (χ0) is 14.5. The second-order valence-electron chi connectivity index (χ2n) is 4.60. The van der Waals surface area contributed by atoms with Gasteiger partial charge in [-0.15, -0.1) is 0 Å². The zero-order valence-electron chi connectivity index (χ0n) is 11.9. The maximum Gasteiger partial charge on any atom is 0.262 e. The van der Waals surface area contributed by atoms with Crippen molar-refractivity contribution in [3.05, 3.63) is 12.1 Å². The van der Waals surface area contributed by atoms with Gasteiger partial charge < -0.3 is 25.4 Å². The number of ether oxygens (including phenoxy) is 2. The second kappa shape index (κ2) is 6.47. The number of carbonyl (C=O) groups is 1. The smallest absolute Gasteiger partial charge is 0.262 e. The van der Waals surface area contributed by atoms with Gasteiger partial charge >= 0.3 is 0 Å². The first-order valence-corrected chi connectivity index (χ1v) is 6.85. The van der Waals surface area contributed by atoms with Gasteiger partial charge in [0.05, 0.1) is 11.4 Å². The van der Waals surface area contributed by atoms with Gasteiger partial charge in [-0.2, -0.15) is 0 Å². The predicted molar refractivity (Wildman–Crippen MR) is 78.3 cm³/mol. The third-order valence-corrected chi connectivity index (χ3v) is 3.30. The molecule has 0 fully saturated rings. The molecule has 0 saturated carbocycles. The number of nitrogens with two attached hydrogens (primary N) is 1. The molecule has 0 unspecified atom stereocenters. The third kappa shape index (κ3) is 3.33. The monoisotopic (exact) mass is 279 g/mol. The lowest BCUT2D eigenvalue weighted by molar-refractivity contribution is -0.118. The van der Waals surface area contributed by atoms with Gasteiger partial charge in [0, 0.05) is 18.7 Å². The van der Waals surface area contributed by atoms with E-state index in [4.69, 9.17) is 15.2 Å². The second-order valence-corrected chi connectivity index (χ2v) is 4.60. The Hall–Kier alpha value is -1.95. The van der Waals surface area contributed by atoms with E-state index in [1.54, 1.807) is 12.1 Å². The van der Waals surface area contributed by atoms with Gasteiger partial charge in [0.2, 0.25) is 0 Å². The number of carbonyl (C=O) groups excluding carboxylic acids is 1. The van der Waals surface area contributed by atoms with Crippen molar-refractivity contribution in [2.75, 3.05) is 43.9 Å². The molecule has 1 aromatic carbocycles.